The first-order chi connectivity index (χ1) is 10.7. The average molecular weight is 307 g/mol. The van der Waals surface area contributed by atoms with Gasteiger partial charge in [0.1, 0.15) is 0 Å². The van der Waals surface area contributed by atoms with Gasteiger partial charge in [0.15, 0.2) is 0 Å². The van der Waals surface area contributed by atoms with Gasteiger partial charge < -0.3 is 19.9 Å². The highest BCUT2D eigenvalue weighted by Gasteiger charge is 2.34. The summed E-state index contributed by atoms with van der Waals surface area (Å²) in [5.74, 6) is 0.236. The largest absolute Gasteiger partial charge is 0.374 e. The maximum Gasteiger partial charge on any atom is 0.240 e. The molecule has 3 aliphatic rings. The molecule has 0 aromatic rings. The van der Waals surface area contributed by atoms with Gasteiger partial charge in [0.2, 0.25) is 5.91 Å². The zero-order valence-corrected chi connectivity index (χ0v) is 13.7. The number of allylic oxidation sites excluding steroid dienone is 2. The van der Waals surface area contributed by atoms with Crippen LogP contribution in [0.1, 0.15) is 38.5 Å². The summed E-state index contributed by atoms with van der Waals surface area (Å²) in [6.07, 6.45) is 9.49. The zero-order valence-electron chi connectivity index (χ0n) is 13.7. The lowest BCUT2D eigenvalue weighted by Crippen LogP contribution is -2.47. The van der Waals surface area contributed by atoms with E-state index in [1.807, 2.05) is 0 Å². The van der Waals surface area contributed by atoms with Crippen LogP contribution in [-0.2, 0) is 9.53 Å². The van der Waals surface area contributed by atoms with Crippen molar-refractivity contribution in [1.82, 2.24) is 15.1 Å². The molecule has 1 N–H and O–H groups in total. The summed E-state index contributed by atoms with van der Waals surface area (Å²) in [5.41, 5.74) is 1.27. The maximum absolute atomic E-state index is 12.6. The van der Waals surface area contributed by atoms with Crippen molar-refractivity contribution < 1.29 is 9.53 Å². The molecule has 0 unspecified atom stereocenters. The van der Waals surface area contributed by atoms with Gasteiger partial charge in [0, 0.05) is 31.4 Å². The minimum atomic E-state index is 0.204. The standard InChI is InChI=1S/C17H29N3O2/c1-19-9-10-22-16(13-19)11-18-12-17(21)20(15-7-8-15)14-5-3-2-4-6-14/h5,15-16,18H,2-4,6-13H2,1H3/t16-/m1/s1. The van der Waals surface area contributed by atoms with Crippen molar-refractivity contribution in [3.63, 3.8) is 0 Å². The Labute approximate surface area is 133 Å². The fourth-order valence-electron chi connectivity index (χ4n) is 3.39. The number of amides is 1. The third-order valence-electron chi connectivity index (χ3n) is 4.75. The van der Waals surface area contributed by atoms with Crippen LogP contribution in [0.2, 0.25) is 0 Å². The van der Waals surface area contributed by atoms with Crippen LogP contribution in [0.25, 0.3) is 0 Å². The van der Waals surface area contributed by atoms with Crippen molar-refractivity contribution >= 4 is 5.91 Å². The molecule has 124 valence electrons. The fourth-order valence-corrected chi connectivity index (χ4v) is 3.39. The van der Waals surface area contributed by atoms with Gasteiger partial charge in [-0.3, -0.25) is 4.79 Å². The fraction of sp³-hybridized carbons (Fsp3) is 0.824. The van der Waals surface area contributed by atoms with Crippen LogP contribution >= 0.6 is 0 Å². The van der Waals surface area contributed by atoms with Gasteiger partial charge in [-0.25, -0.2) is 0 Å². The number of carbonyl (C=O) groups is 1. The summed E-state index contributed by atoms with van der Waals surface area (Å²) in [6.45, 7) is 3.92. The molecular formula is C17H29N3O2. The molecule has 2 fully saturated rings. The van der Waals surface area contributed by atoms with Crippen molar-refractivity contribution in [3.8, 4) is 0 Å². The Kier molecular flexibility index (Phi) is 5.50. The molecule has 0 aromatic carbocycles. The van der Waals surface area contributed by atoms with Gasteiger partial charge in [0.25, 0.3) is 0 Å². The van der Waals surface area contributed by atoms with Gasteiger partial charge in [0.05, 0.1) is 19.3 Å². The summed E-state index contributed by atoms with van der Waals surface area (Å²) in [5, 5.41) is 3.31. The van der Waals surface area contributed by atoms with Crippen LogP contribution in [0.5, 0.6) is 0 Å². The lowest BCUT2D eigenvalue weighted by molar-refractivity contribution is -0.129. The van der Waals surface area contributed by atoms with Crippen LogP contribution < -0.4 is 5.32 Å². The minimum absolute atomic E-state index is 0.204. The Hall–Kier alpha value is -0.910. The van der Waals surface area contributed by atoms with E-state index in [2.05, 4.69) is 28.2 Å². The molecular weight excluding hydrogens is 278 g/mol. The molecule has 5 heteroatoms. The van der Waals surface area contributed by atoms with E-state index in [4.69, 9.17) is 4.74 Å². The quantitative estimate of drug-likeness (QED) is 0.805. The first-order valence-electron chi connectivity index (χ1n) is 8.76. The van der Waals surface area contributed by atoms with Crippen molar-refractivity contribution in [2.75, 3.05) is 39.8 Å². The molecule has 5 nitrogen and oxygen atoms in total. The monoisotopic (exact) mass is 307 g/mol. The van der Waals surface area contributed by atoms with E-state index in [1.165, 1.54) is 31.4 Å². The zero-order chi connectivity index (χ0) is 15.4. The highest BCUT2D eigenvalue weighted by Crippen LogP contribution is 2.33. The van der Waals surface area contributed by atoms with Gasteiger partial charge in [-0.1, -0.05) is 6.08 Å². The van der Waals surface area contributed by atoms with Crippen LogP contribution in [0, 0.1) is 0 Å². The first kappa shape index (κ1) is 16.0. The predicted octanol–water partition coefficient (Wildman–Crippen LogP) is 1.36. The summed E-state index contributed by atoms with van der Waals surface area (Å²) in [7, 11) is 2.12. The number of morpholine rings is 1. The highest BCUT2D eigenvalue weighted by atomic mass is 16.5. The number of nitrogens with zero attached hydrogens (tertiary/aromatic N) is 2. The molecule has 1 atom stereocenters. The molecule has 0 radical (unpaired) electrons. The van der Waals surface area contributed by atoms with E-state index >= 15 is 0 Å². The first-order valence-corrected chi connectivity index (χ1v) is 8.76. The lowest BCUT2D eigenvalue weighted by atomic mass is 10.0. The molecule has 22 heavy (non-hydrogen) atoms. The average Bonchev–Trinajstić information content (AvgIpc) is 3.33. The Morgan fingerprint density at radius 3 is 3.00 bits per heavy atom. The van der Waals surface area contributed by atoms with Crippen molar-refractivity contribution in [2.45, 2.75) is 50.7 Å². The molecule has 0 aromatic heterocycles. The molecule has 2 aliphatic carbocycles. The van der Waals surface area contributed by atoms with Gasteiger partial charge in [-0.05, 0) is 45.6 Å². The number of hydrogen-bond donors (Lipinski definition) is 1. The molecule has 1 saturated heterocycles. The van der Waals surface area contributed by atoms with Crippen molar-refractivity contribution in [3.05, 3.63) is 11.8 Å². The number of ether oxygens (including phenoxy) is 1. The second kappa shape index (κ2) is 7.57. The van der Waals surface area contributed by atoms with Crippen molar-refractivity contribution in [1.29, 1.82) is 0 Å². The second-order valence-corrected chi connectivity index (χ2v) is 6.82. The molecule has 3 rings (SSSR count). The summed E-state index contributed by atoms with van der Waals surface area (Å²) in [4.78, 5) is 17.0. The number of rotatable bonds is 6. The van der Waals surface area contributed by atoms with Crippen LogP contribution in [0.4, 0.5) is 0 Å². The van der Waals surface area contributed by atoms with E-state index in [0.717, 1.165) is 39.1 Å². The second-order valence-electron chi connectivity index (χ2n) is 6.82. The number of likely N-dealkylation sites (N-methyl/N-ethyl adjacent to an activating group) is 1. The number of nitrogens with one attached hydrogen (secondary N) is 1. The maximum atomic E-state index is 12.6. The summed E-state index contributed by atoms with van der Waals surface area (Å²) >= 11 is 0. The van der Waals surface area contributed by atoms with E-state index < -0.39 is 0 Å². The molecule has 1 heterocycles. The number of hydrogen-bond acceptors (Lipinski definition) is 4. The van der Waals surface area contributed by atoms with Crippen LogP contribution in [0.15, 0.2) is 11.8 Å². The van der Waals surface area contributed by atoms with E-state index in [9.17, 15) is 4.79 Å². The van der Waals surface area contributed by atoms with E-state index in [0.29, 0.717) is 12.6 Å². The Morgan fingerprint density at radius 2 is 2.32 bits per heavy atom. The normalized spacial score (nSPS) is 26.6. The summed E-state index contributed by atoms with van der Waals surface area (Å²) < 4.78 is 5.73. The van der Waals surface area contributed by atoms with Crippen LogP contribution in [-0.4, -0.2) is 67.7 Å². The lowest BCUT2D eigenvalue weighted by Gasteiger charge is -2.31. The molecule has 1 amide bonds. The predicted molar refractivity (Wildman–Crippen MR) is 86.5 cm³/mol. The SMILES string of the molecule is CN1CCO[C@H](CNCC(=O)N(C2=CCCCC2)C2CC2)C1. The van der Waals surface area contributed by atoms with Gasteiger partial charge in [-0.2, -0.15) is 0 Å². The van der Waals surface area contributed by atoms with E-state index in [1.54, 1.807) is 0 Å². The highest BCUT2D eigenvalue weighted by molar-refractivity contribution is 5.80. The topological polar surface area (TPSA) is 44.8 Å². The third-order valence-corrected chi connectivity index (χ3v) is 4.75. The molecule has 0 bridgehead atoms. The third kappa shape index (κ3) is 4.31. The van der Waals surface area contributed by atoms with Gasteiger partial charge in [-0.15, -0.1) is 0 Å². The van der Waals surface area contributed by atoms with E-state index in [-0.39, 0.29) is 12.0 Å². The summed E-state index contributed by atoms with van der Waals surface area (Å²) in [6, 6.07) is 0.468. The van der Waals surface area contributed by atoms with Gasteiger partial charge >= 0.3 is 0 Å². The Morgan fingerprint density at radius 1 is 1.45 bits per heavy atom. The van der Waals surface area contributed by atoms with Crippen LogP contribution in [0.3, 0.4) is 0 Å². The molecule has 1 saturated carbocycles. The molecule has 1 aliphatic heterocycles. The smallest absolute Gasteiger partial charge is 0.240 e. The number of carbonyl (C=O) groups excluding carboxylic acids is 1. The van der Waals surface area contributed by atoms with Crippen molar-refractivity contribution in [2.24, 2.45) is 0 Å². The Bertz CT molecular complexity index is 420. The minimum Gasteiger partial charge on any atom is -0.374 e. The Balaban J connectivity index is 1.46. The molecule has 0 spiro atoms.